The molecule has 2 nitrogen and oxygen atoms in total. The highest BCUT2D eigenvalue weighted by atomic mass is 15.2. The molecule has 2 fully saturated rings. The fraction of sp³-hybridized carbons (Fsp3) is 0.600. The predicted molar refractivity (Wildman–Crippen MR) is 74.5 cm³/mol. The van der Waals surface area contributed by atoms with Gasteiger partial charge in [0.2, 0.25) is 0 Å². The summed E-state index contributed by atoms with van der Waals surface area (Å²) in [4.78, 5) is 5.01. The summed E-state index contributed by atoms with van der Waals surface area (Å²) in [5.74, 6) is 1.80. The number of likely N-dealkylation sites (tertiary alicyclic amines) is 1. The van der Waals surface area contributed by atoms with Gasteiger partial charge in [-0.25, -0.2) is 0 Å². The zero-order chi connectivity index (χ0) is 12.3. The van der Waals surface area contributed by atoms with E-state index in [1.807, 2.05) is 13.8 Å². The number of fused-ring (bicyclic) bond motifs is 1. The van der Waals surface area contributed by atoms with E-state index in [2.05, 4.69) is 47.2 Å². The van der Waals surface area contributed by atoms with E-state index in [1.165, 1.54) is 31.9 Å². The lowest BCUT2D eigenvalue weighted by Crippen LogP contribution is -2.26. The van der Waals surface area contributed by atoms with E-state index in [9.17, 15) is 0 Å². The Balaban J connectivity index is 0.000000514. The fourth-order valence-corrected chi connectivity index (χ4v) is 3.08. The van der Waals surface area contributed by atoms with Crippen LogP contribution in [-0.2, 0) is 0 Å². The summed E-state index contributed by atoms with van der Waals surface area (Å²) in [6, 6.07) is 10.8. The first-order valence-electron chi connectivity index (χ1n) is 6.81. The summed E-state index contributed by atoms with van der Waals surface area (Å²) in [5.41, 5.74) is 1.40. The van der Waals surface area contributed by atoms with Crippen molar-refractivity contribution in [1.29, 1.82) is 0 Å². The number of hydrogen-bond acceptors (Lipinski definition) is 2. The Morgan fingerprint density at radius 1 is 0.882 bits per heavy atom. The van der Waals surface area contributed by atoms with Crippen LogP contribution in [0.4, 0.5) is 5.69 Å². The molecule has 2 heteroatoms. The van der Waals surface area contributed by atoms with E-state index in [1.54, 1.807) is 0 Å². The SMILES string of the molecule is CC.CN1C[C@@H]2CN(c3ccccc3)C[C@@H]2C1. The maximum absolute atomic E-state index is 2.54. The second-order valence-electron chi connectivity index (χ2n) is 4.98. The molecule has 17 heavy (non-hydrogen) atoms. The van der Waals surface area contributed by atoms with E-state index >= 15 is 0 Å². The van der Waals surface area contributed by atoms with Gasteiger partial charge in [-0.2, -0.15) is 0 Å². The van der Waals surface area contributed by atoms with Crippen LogP contribution in [-0.4, -0.2) is 38.1 Å². The van der Waals surface area contributed by atoms with Crippen LogP contribution < -0.4 is 4.90 Å². The van der Waals surface area contributed by atoms with Gasteiger partial charge in [-0.15, -0.1) is 0 Å². The molecule has 3 rings (SSSR count). The summed E-state index contributed by atoms with van der Waals surface area (Å²) >= 11 is 0. The van der Waals surface area contributed by atoms with Crippen LogP contribution in [0, 0.1) is 11.8 Å². The third kappa shape index (κ3) is 2.63. The second-order valence-corrected chi connectivity index (χ2v) is 4.98. The lowest BCUT2D eigenvalue weighted by atomic mass is 10.0. The molecule has 0 saturated carbocycles. The zero-order valence-electron chi connectivity index (χ0n) is 11.3. The Morgan fingerprint density at radius 2 is 1.41 bits per heavy atom. The second kappa shape index (κ2) is 5.54. The fourth-order valence-electron chi connectivity index (χ4n) is 3.08. The number of benzene rings is 1. The lowest BCUT2D eigenvalue weighted by Gasteiger charge is -2.21. The summed E-state index contributed by atoms with van der Waals surface area (Å²) in [7, 11) is 2.24. The van der Waals surface area contributed by atoms with Gasteiger partial charge in [-0.1, -0.05) is 32.0 Å². The van der Waals surface area contributed by atoms with E-state index < -0.39 is 0 Å². The van der Waals surface area contributed by atoms with Crippen LogP contribution in [0.15, 0.2) is 30.3 Å². The van der Waals surface area contributed by atoms with Crippen LogP contribution in [0.3, 0.4) is 0 Å². The minimum Gasteiger partial charge on any atom is -0.371 e. The summed E-state index contributed by atoms with van der Waals surface area (Å²) < 4.78 is 0. The molecule has 0 aromatic heterocycles. The Bertz CT molecular complexity index is 322. The standard InChI is InChI=1S/C13H18N2.C2H6/c1-14-7-11-9-15(10-12(11)8-14)13-5-3-2-4-6-13;1-2/h2-6,11-12H,7-10H2,1H3;1-2H3/t11-,12+;. The minimum absolute atomic E-state index is 0.898. The highest BCUT2D eigenvalue weighted by molar-refractivity contribution is 5.47. The smallest absolute Gasteiger partial charge is 0.0366 e. The quantitative estimate of drug-likeness (QED) is 0.734. The molecule has 1 aromatic carbocycles. The highest BCUT2D eigenvalue weighted by Crippen LogP contribution is 2.32. The van der Waals surface area contributed by atoms with Crippen LogP contribution in [0.2, 0.25) is 0 Å². The molecule has 0 bridgehead atoms. The van der Waals surface area contributed by atoms with Gasteiger partial charge in [0, 0.05) is 31.9 Å². The van der Waals surface area contributed by atoms with Gasteiger partial charge in [0.15, 0.2) is 0 Å². The van der Waals surface area contributed by atoms with Gasteiger partial charge in [0.25, 0.3) is 0 Å². The molecule has 94 valence electrons. The minimum atomic E-state index is 0.898. The normalized spacial score (nSPS) is 27.6. The maximum atomic E-state index is 2.54. The van der Waals surface area contributed by atoms with Crippen molar-refractivity contribution in [2.24, 2.45) is 11.8 Å². The third-order valence-corrected chi connectivity index (χ3v) is 3.79. The van der Waals surface area contributed by atoms with Crippen molar-refractivity contribution in [2.75, 3.05) is 38.1 Å². The first-order valence-corrected chi connectivity index (χ1v) is 6.81. The summed E-state index contributed by atoms with van der Waals surface area (Å²) in [5, 5.41) is 0. The Hall–Kier alpha value is -1.02. The Labute approximate surface area is 105 Å². The van der Waals surface area contributed by atoms with Gasteiger partial charge in [-0.05, 0) is 31.0 Å². The van der Waals surface area contributed by atoms with Gasteiger partial charge in [-0.3, -0.25) is 0 Å². The van der Waals surface area contributed by atoms with Crippen molar-refractivity contribution in [3.05, 3.63) is 30.3 Å². The summed E-state index contributed by atoms with van der Waals surface area (Å²) in [6.07, 6.45) is 0. The van der Waals surface area contributed by atoms with Crippen LogP contribution in [0.1, 0.15) is 13.8 Å². The molecule has 0 unspecified atom stereocenters. The summed E-state index contributed by atoms with van der Waals surface area (Å²) in [6.45, 7) is 9.07. The molecule has 0 amide bonds. The molecule has 2 saturated heterocycles. The zero-order valence-corrected chi connectivity index (χ0v) is 11.3. The van der Waals surface area contributed by atoms with Crippen molar-refractivity contribution in [1.82, 2.24) is 4.90 Å². The van der Waals surface area contributed by atoms with Gasteiger partial charge < -0.3 is 9.80 Å². The van der Waals surface area contributed by atoms with E-state index in [0.29, 0.717) is 0 Å². The van der Waals surface area contributed by atoms with Crippen molar-refractivity contribution >= 4 is 5.69 Å². The molecular formula is C15H24N2. The van der Waals surface area contributed by atoms with Gasteiger partial charge >= 0.3 is 0 Å². The molecule has 0 aliphatic carbocycles. The number of rotatable bonds is 1. The molecular weight excluding hydrogens is 208 g/mol. The van der Waals surface area contributed by atoms with Crippen LogP contribution in [0.25, 0.3) is 0 Å². The monoisotopic (exact) mass is 232 g/mol. The van der Waals surface area contributed by atoms with E-state index in [-0.39, 0.29) is 0 Å². The van der Waals surface area contributed by atoms with Crippen molar-refractivity contribution in [2.45, 2.75) is 13.8 Å². The predicted octanol–water partition coefficient (Wildman–Crippen LogP) is 2.71. The molecule has 0 radical (unpaired) electrons. The largest absolute Gasteiger partial charge is 0.371 e. The maximum Gasteiger partial charge on any atom is 0.0366 e. The van der Waals surface area contributed by atoms with Crippen molar-refractivity contribution in [3.63, 3.8) is 0 Å². The third-order valence-electron chi connectivity index (χ3n) is 3.79. The van der Waals surface area contributed by atoms with Gasteiger partial charge in [0.05, 0.1) is 0 Å². The first-order chi connectivity index (χ1) is 8.33. The molecule has 2 atom stereocenters. The average Bonchev–Trinajstić information content (AvgIpc) is 2.90. The number of para-hydroxylation sites is 1. The van der Waals surface area contributed by atoms with Gasteiger partial charge in [0.1, 0.15) is 0 Å². The Kier molecular flexibility index (Phi) is 4.06. The van der Waals surface area contributed by atoms with Crippen molar-refractivity contribution in [3.8, 4) is 0 Å². The number of nitrogens with zero attached hydrogens (tertiary/aromatic N) is 2. The molecule has 1 aromatic rings. The highest BCUT2D eigenvalue weighted by Gasteiger charge is 2.38. The van der Waals surface area contributed by atoms with Crippen LogP contribution in [0.5, 0.6) is 0 Å². The molecule has 2 heterocycles. The number of hydrogen-bond donors (Lipinski definition) is 0. The molecule has 0 spiro atoms. The van der Waals surface area contributed by atoms with Crippen LogP contribution >= 0.6 is 0 Å². The Morgan fingerprint density at radius 3 is 1.94 bits per heavy atom. The first kappa shape index (κ1) is 12.4. The van der Waals surface area contributed by atoms with E-state index in [4.69, 9.17) is 0 Å². The number of anilines is 1. The lowest BCUT2D eigenvalue weighted by molar-refractivity contribution is 0.387. The van der Waals surface area contributed by atoms with E-state index in [0.717, 1.165) is 11.8 Å². The molecule has 2 aliphatic rings. The molecule has 0 N–H and O–H groups in total. The molecule has 2 aliphatic heterocycles. The van der Waals surface area contributed by atoms with Crippen molar-refractivity contribution < 1.29 is 0 Å². The topological polar surface area (TPSA) is 6.48 Å². The average molecular weight is 232 g/mol.